The predicted molar refractivity (Wildman–Crippen MR) is 65.0 cm³/mol. The molecule has 0 aliphatic rings. The zero-order chi connectivity index (χ0) is 11.6. The third kappa shape index (κ3) is 2.59. The van der Waals surface area contributed by atoms with Gasteiger partial charge in [0.25, 0.3) is 0 Å². The second kappa shape index (κ2) is 5.09. The van der Waals surface area contributed by atoms with Gasteiger partial charge in [0.1, 0.15) is 0 Å². The van der Waals surface area contributed by atoms with E-state index in [4.69, 9.17) is 5.84 Å². The molecule has 1 aromatic rings. The van der Waals surface area contributed by atoms with Gasteiger partial charge in [-0.15, -0.1) is 0 Å². The second-order valence-corrected chi connectivity index (χ2v) is 5.10. The number of halogens is 1. The quantitative estimate of drug-likeness (QED) is 0.652. The molecule has 1 heterocycles. The van der Waals surface area contributed by atoms with Crippen LogP contribution < -0.4 is 11.3 Å². The lowest BCUT2D eigenvalue weighted by Crippen LogP contribution is -2.36. The molecule has 0 amide bonds. The maximum Gasteiger partial charge on any atom is 0.0708 e. The Balaban J connectivity index is 3.02. The Bertz CT molecular complexity index is 302. The molecule has 0 saturated carbocycles. The smallest absolute Gasteiger partial charge is 0.0708 e. The fourth-order valence-corrected chi connectivity index (χ4v) is 2.23. The highest BCUT2D eigenvalue weighted by Crippen LogP contribution is 2.31. The van der Waals surface area contributed by atoms with Gasteiger partial charge in [0.05, 0.1) is 22.4 Å². The summed E-state index contributed by atoms with van der Waals surface area (Å²) in [5, 5.41) is 4.20. The monoisotopic (exact) mass is 274 g/mol. The van der Waals surface area contributed by atoms with Gasteiger partial charge in [-0.3, -0.25) is 16.0 Å². The van der Waals surface area contributed by atoms with Crippen LogP contribution >= 0.6 is 15.9 Å². The van der Waals surface area contributed by atoms with E-state index >= 15 is 0 Å². The molecule has 0 bridgehead atoms. The van der Waals surface area contributed by atoms with Gasteiger partial charge in [-0.25, -0.2) is 0 Å². The van der Waals surface area contributed by atoms with Crippen molar-refractivity contribution in [2.45, 2.75) is 26.8 Å². The third-order valence-electron chi connectivity index (χ3n) is 2.99. The normalized spacial score (nSPS) is 15.7. The molecule has 0 fully saturated rings. The van der Waals surface area contributed by atoms with E-state index in [2.05, 4.69) is 47.2 Å². The minimum Gasteiger partial charge on any atom is -0.271 e. The zero-order valence-corrected chi connectivity index (χ0v) is 11.2. The molecular formula is C10H19BrN4. The van der Waals surface area contributed by atoms with Crippen LogP contribution in [0.3, 0.4) is 0 Å². The van der Waals surface area contributed by atoms with E-state index in [1.807, 2.05) is 11.7 Å². The number of nitrogens with one attached hydrogen (secondary N) is 1. The van der Waals surface area contributed by atoms with Gasteiger partial charge in [0.15, 0.2) is 0 Å². The third-order valence-corrected chi connectivity index (χ3v) is 3.60. The van der Waals surface area contributed by atoms with Crippen LogP contribution in [0.15, 0.2) is 10.7 Å². The van der Waals surface area contributed by atoms with Crippen LogP contribution in [0.5, 0.6) is 0 Å². The molecule has 2 atom stereocenters. The highest BCUT2D eigenvalue weighted by molar-refractivity contribution is 9.10. The lowest BCUT2D eigenvalue weighted by Gasteiger charge is -2.26. The summed E-state index contributed by atoms with van der Waals surface area (Å²) in [5.41, 5.74) is 3.97. The largest absolute Gasteiger partial charge is 0.271 e. The Labute approximate surface area is 99.3 Å². The summed E-state index contributed by atoms with van der Waals surface area (Å²) in [6, 6.07) is 0.117. The van der Waals surface area contributed by atoms with Crippen LogP contribution in [-0.2, 0) is 7.05 Å². The molecule has 0 saturated heterocycles. The molecule has 5 heteroatoms. The summed E-state index contributed by atoms with van der Waals surface area (Å²) in [6.45, 7) is 6.58. The van der Waals surface area contributed by atoms with E-state index in [1.165, 1.54) is 0 Å². The van der Waals surface area contributed by atoms with Gasteiger partial charge in [0, 0.05) is 7.05 Å². The minimum absolute atomic E-state index is 0.117. The number of nitrogens with zero attached hydrogens (tertiary/aromatic N) is 2. The number of hydrazine groups is 1. The van der Waals surface area contributed by atoms with Gasteiger partial charge < -0.3 is 0 Å². The molecule has 0 radical (unpaired) electrons. The van der Waals surface area contributed by atoms with E-state index in [0.717, 1.165) is 10.2 Å². The first-order chi connectivity index (χ1) is 6.99. The van der Waals surface area contributed by atoms with E-state index < -0.39 is 0 Å². The lowest BCUT2D eigenvalue weighted by molar-refractivity contribution is 0.294. The molecule has 1 aromatic heterocycles. The molecule has 0 aliphatic heterocycles. The van der Waals surface area contributed by atoms with Crippen LogP contribution in [-0.4, -0.2) is 9.78 Å². The number of aromatic nitrogens is 2. The van der Waals surface area contributed by atoms with Crippen LogP contribution in [0.4, 0.5) is 0 Å². The van der Waals surface area contributed by atoms with Crippen molar-refractivity contribution < 1.29 is 0 Å². The standard InChI is InChI=1S/C10H19BrN4/c1-6(2)7(3)9(14-12)10-8(11)5-13-15(10)4/h5-7,9,14H,12H2,1-4H3. The summed E-state index contributed by atoms with van der Waals surface area (Å²) in [5.74, 6) is 6.64. The van der Waals surface area contributed by atoms with Gasteiger partial charge >= 0.3 is 0 Å². The average molecular weight is 275 g/mol. The number of aryl methyl sites for hydroxylation is 1. The average Bonchev–Trinajstić information content (AvgIpc) is 2.50. The van der Waals surface area contributed by atoms with Gasteiger partial charge in [0.2, 0.25) is 0 Å². The van der Waals surface area contributed by atoms with Crippen molar-refractivity contribution in [1.82, 2.24) is 15.2 Å². The zero-order valence-electron chi connectivity index (χ0n) is 9.66. The topological polar surface area (TPSA) is 55.9 Å². The Morgan fingerprint density at radius 3 is 2.40 bits per heavy atom. The summed E-state index contributed by atoms with van der Waals surface area (Å²) in [7, 11) is 1.93. The molecule has 1 rings (SSSR count). The lowest BCUT2D eigenvalue weighted by atomic mass is 9.89. The molecule has 0 aromatic carbocycles. The highest BCUT2D eigenvalue weighted by atomic mass is 79.9. The van der Waals surface area contributed by atoms with Gasteiger partial charge in [-0.05, 0) is 27.8 Å². The fraction of sp³-hybridized carbons (Fsp3) is 0.700. The number of hydrogen-bond acceptors (Lipinski definition) is 3. The SMILES string of the molecule is CC(C)C(C)C(NN)c1c(Br)cnn1C. The van der Waals surface area contributed by atoms with Crippen LogP contribution in [0.2, 0.25) is 0 Å². The minimum atomic E-state index is 0.117. The molecule has 3 N–H and O–H groups in total. The van der Waals surface area contributed by atoms with Gasteiger partial charge in [-0.1, -0.05) is 20.8 Å². The number of hydrogen-bond donors (Lipinski definition) is 2. The predicted octanol–water partition coefficient (Wildman–Crippen LogP) is 1.98. The molecule has 0 aliphatic carbocycles. The molecule has 86 valence electrons. The van der Waals surface area contributed by atoms with E-state index in [-0.39, 0.29) is 6.04 Å². The first-order valence-electron chi connectivity index (χ1n) is 5.12. The number of nitrogens with two attached hydrogens (primary N) is 1. The fourth-order valence-electron chi connectivity index (χ4n) is 1.63. The maximum absolute atomic E-state index is 5.63. The molecule has 15 heavy (non-hydrogen) atoms. The molecule has 2 unspecified atom stereocenters. The Hall–Kier alpha value is -0.390. The Morgan fingerprint density at radius 2 is 2.07 bits per heavy atom. The van der Waals surface area contributed by atoms with Crippen molar-refractivity contribution in [1.29, 1.82) is 0 Å². The van der Waals surface area contributed by atoms with Crippen molar-refractivity contribution >= 4 is 15.9 Å². The Morgan fingerprint density at radius 1 is 1.47 bits per heavy atom. The van der Waals surface area contributed by atoms with E-state index in [0.29, 0.717) is 11.8 Å². The molecular weight excluding hydrogens is 256 g/mol. The molecule has 4 nitrogen and oxygen atoms in total. The summed E-state index contributed by atoms with van der Waals surface area (Å²) >= 11 is 3.50. The van der Waals surface area contributed by atoms with Crippen molar-refractivity contribution in [3.05, 3.63) is 16.4 Å². The van der Waals surface area contributed by atoms with Crippen LogP contribution in [0.1, 0.15) is 32.5 Å². The first kappa shape index (κ1) is 12.7. The van der Waals surface area contributed by atoms with E-state index in [9.17, 15) is 0 Å². The number of rotatable bonds is 4. The molecule has 0 spiro atoms. The van der Waals surface area contributed by atoms with Gasteiger partial charge in [-0.2, -0.15) is 5.10 Å². The van der Waals surface area contributed by atoms with Crippen LogP contribution in [0, 0.1) is 11.8 Å². The first-order valence-corrected chi connectivity index (χ1v) is 5.91. The van der Waals surface area contributed by atoms with Crippen molar-refractivity contribution in [2.24, 2.45) is 24.7 Å². The summed E-state index contributed by atoms with van der Waals surface area (Å²) < 4.78 is 2.86. The Kier molecular flexibility index (Phi) is 4.31. The van der Waals surface area contributed by atoms with E-state index in [1.54, 1.807) is 6.20 Å². The highest BCUT2D eigenvalue weighted by Gasteiger charge is 2.25. The van der Waals surface area contributed by atoms with Crippen molar-refractivity contribution in [3.63, 3.8) is 0 Å². The maximum atomic E-state index is 5.63. The second-order valence-electron chi connectivity index (χ2n) is 4.25. The van der Waals surface area contributed by atoms with Crippen molar-refractivity contribution in [2.75, 3.05) is 0 Å². The summed E-state index contributed by atoms with van der Waals surface area (Å²) in [4.78, 5) is 0. The van der Waals surface area contributed by atoms with Crippen LogP contribution in [0.25, 0.3) is 0 Å². The van der Waals surface area contributed by atoms with Crippen molar-refractivity contribution in [3.8, 4) is 0 Å². The summed E-state index contributed by atoms with van der Waals surface area (Å²) in [6.07, 6.45) is 1.80.